The first-order valence-corrected chi connectivity index (χ1v) is 5.90. The van der Waals surface area contributed by atoms with Gasteiger partial charge >= 0.3 is 11.7 Å². The maximum atomic E-state index is 11.6. The lowest BCUT2D eigenvalue weighted by Gasteiger charge is -2.14. The molecule has 0 aliphatic heterocycles. The Kier molecular flexibility index (Phi) is 5.47. The molecule has 21 heavy (non-hydrogen) atoms. The number of hydrogen-bond donors (Lipinski definition) is 2. The number of carbonyl (C=O) groups is 2. The average Bonchev–Trinajstić information content (AvgIpc) is 2.46. The van der Waals surface area contributed by atoms with Crippen molar-refractivity contribution in [1.29, 1.82) is 0 Å². The first-order chi connectivity index (χ1) is 9.88. The van der Waals surface area contributed by atoms with Crippen LogP contribution in [-0.4, -0.2) is 37.1 Å². The van der Waals surface area contributed by atoms with Gasteiger partial charge in [0.25, 0.3) is 5.91 Å². The highest BCUT2D eigenvalue weighted by Crippen LogP contribution is 2.31. The predicted octanol–water partition coefficient (Wildman–Crippen LogP) is 0.826. The molecular formula is C12H15N3O6. The third kappa shape index (κ3) is 4.34. The van der Waals surface area contributed by atoms with E-state index in [9.17, 15) is 19.7 Å². The Bertz CT molecular complexity index is 560. The van der Waals surface area contributed by atoms with Crippen molar-refractivity contribution >= 4 is 17.6 Å². The molecule has 0 aromatic heterocycles. The van der Waals surface area contributed by atoms with Gasteiger partial charge in [0, 0.05) is 7.05 Å². The predicted molar refractivity (Wildman–Crippen MR) is 72.3 cm³/mol. The zero-order valence-corrected chi connectivity index (χ0v) is 11.7. The molecule has 0 radical (unpaired) electrons. The van der Waals surface area contributed by atoms with Crippen LogP contribution in [0.2, 0.25) is 0 Å². The van der Waals surface area contributed by atoms with Gasteiger partial charge in [-0.3, -0.25) is 20.2 Å². The number of ether oxygens (including phenoxy) is 2. The first-order valence-electron chi connectivity index (χ1n) is 5.90. The molecule has 0 aliphatic rings. The normalized spacial score (nSPS) is 11.2. The van der Waals surface area contributed by atoms with Crippen LogP contribution in [0.25, 0.3) is 0 Å². The minimum atomic E-state index is -1.09. The van der Waals surface area contributed by atoms with E-state index in [-0.39, 0.29) is 17.2 Å². The van der Waals surface area contributed by atoms with Gasteiger partial charge in [0.05, 0.1) is 18.1 Å². The van der Waals surface area contributed by atoms with E-state index in [1.165, 1.54) is 39.3 Å². The quantitative estimate of drug-likeness (QED) is 0.613. The number of urea groups is 1. The van der Waals surface area contributed by atoms with Crippen LogP contribution in [0.4, 0.5) is 10.5 Å². The van der Waals surface area contributed by atoms with Crippen LogP contribution in [-0.2, 0) is 4.79 Å². The summed E-state index contributed by atoms with van der Waals surface area (Å²) < 4.78 is 10.1. The highest BCUT2D eigenvalue weighted by molar-refractivity contribution is 5.96. The summed E-state index contributed by atoms with van der Waals surface area (Å²) in [6.07, 6.45) is -1.09. The molecule has 1 aromatic rings. The highest BCUT2D eigenvalue weighted by Gasteiger charge is 2.22. The van der Waals surface area contributed by atoms with E-state index in [0.29, 0.717) is 0 Å². The molecule has 0 saturated carbocycles. The van der Waals surface area contributed by atoms with Gasteiger partial charge in [0.2, 0.25) is 0 Å². The minimum Gasteiger partial charge on any atom is -0.496 e. The molecule has 0 spiro atoms. The molecule has 1 atom stereocenters. The fourth-order valence-electron chi connectivity index (χ4n) is 1.39. The lowest BCUT2D eigenvalue weighted by Crippen LogP contribution is -2.44. The largest absolute Gasteiger partial charge is 0.496 e. The lowest BCUT2D eigenvalue weighted by atomic mass is 10.2. The second kappa shape index (κ2) is 7.08. The molecule has 114 valence electrons. The van der Waals surface area contributed by atoms with Gasteiger partial charge in [-0.2, -0.15) is 0 Å². The van der Waals surface area contributed by atoms with E-state index >= 15 is 0 Å². The number of nitro benzene ring substituents is 1. The third-order valence-corrected chi connectivity index (χ3v) is 2.50. The van der Waals surface area contributed by atoms with Crippen molar-refractivity contribution in [3.05, 3.63) is 28.3 Å². The number of methoxy groups -OCH3 is 1. The van der Waals surface area contributed by atoms with E-state index < -0.39 is 23.0 Å². The van der Waals surface area contributed by atoms with Crippen LogP contribution in [0, 0.1) is 10.1 Å². The number of amides is 3. The van der Waals surface area contributed by atoms with Crippen molar-refractivity contribution in [3.8, 4) is 11.5 Å². The number of benzene rings is 1. The summed E-state index contributed by atoms with van der Waals surface area (Å²) in [7, 11) is 2.72. The van der Waals surface area contributed by atoms with Crippen molar-refractivity contribution in [2.24, 2.45) is 0 Å². The standard InChI is InChI=1S/C12H15N3O6/c1-7(11(16)14-12(17)13-2)21-10-5-4-8(20-3)6-9(10)15(18)19/h4-7H,1-3H3,(H2,13,14,16,17). The maximum Gasteiger partial charge on any atom is 0.321 e. The van der Waals surface area contributed by atoms with Crippen molar-refractivity contribution in [2.45, 2.75) is 13.0 Å². The Balaban J connectivity index is 2.89. The Morgan fingerprint density at radius 2 is 2.05 bits per heavy atom. The zero-order chi connectivity index (χ0) is 16.0. The average molecular weight is 297 g/mol. The molecule has 0 saturated heterocycles. The molecule has 9 nitrogen and oxygen atoms in total. The van der Waals surface area contributed by atoms with E-state index in [1.54, 1.807) is 0 Å². The molecule has 1 rings (SSSR count). The Morgan fingerprint density at radius 1 is 1.38 bits per heavy atom. The molecule has 3 amide bonds. The maximum absolute atomic E-state index is 11.6. The Labute approximate surface area is 120 Å². The molecule has 1 unspecified atom stereocenters. The summed E-state index contributed by atoms with van der Waals surface area (Å²) in [5.74, 6) is -0.531. The summed E-state index contributed by atoms with van der Waals surface area (Å²) in [4.78, 5) is 33.0. The number of nitrogens with one attached hydrogen (secondary N) is 2. The molecule has 0 heterocycles. The van der Waals surface area contributed by atoms with Gasteiger partial charge in [-0.25, -0.2) is 4.79 Å². The summed E-state index contributed by atoms with van der Waals surface area (Å²) >= 11 is 0. The van der Waals surface area contributed by atoms with Crippen molar-refractivity contribution < 1.29 is 24.0 Å². The van der Waals surface area contributed by atoms with Crippen LogP contribution in [0.3, 0.4) is 0 Å². The van der Waals surface area contributed by atoms with E-state index in [2.05, 4.69) is 5.32 Å². The SMILES string of the molecule is CNC(=O)NC(=O)C(C)Oc1ccc(OC)cc1[N+](=O)[O-]. The van der Waals surface area contributed by atoms with E-state index in [4.69, 9.17) is 9.47 Å². The minimum absolute atomic E-state index is 0.0969. The van der Waals surface area contributed by atoms with Gasteiger partial charge in [-0.05, 0) is 19.1 Å². The van der Waals surface area contributed by atoms with Crippen molar-refractivity contribution in [2.75, 3.05) is 14.2 Å². The second-order valence-corrected chi connectivity index (χ2v) is 3.92. The second-order valence-electron chi connectivity index (χ2n) is 3.92. The third-order valence-electron chi connectivity index (χ3n) is 2.50. The Morgan fingerprint density at radius 3 is 2.57 bits per heavy atom. The molecular weight excluding hydrogens is 282 g/mol. The summed E-state index contributed by atoms with van der Waals surface area (Å²) in [5, 5.41) is 15.2. The van der Waals surface area contributed by atoms with E-state index in [0.717, 1.165) is 0 Å². The molecule has 0 bridgehead atoms. The molecule has 0 fully saturated rings. The first kappa shape index (κ1) is 16.2. The highest BCUT2D eigenvalue weighted by atomic mass is 16.6. The van der Waals surface area contributed by atoms with Crippen LogP contribution in [0.15, 0.2) is 18.2 Å². The number of imide groups is 1. The van der Waals surface area contributed by atoms with Gasteiger partial charge in [0.1, 0.15) is 5.75 Å². The van der Waals surface area contributed by atoms with E-state index in [1.807, 2.05) is 5.32 Å². The topological polar surface area (TPSA) is 120 Å². The fraction of sp³-hybridized carbons (Fsp3) is 0.333. The molecule has 2 N–H and O–H groups in total. The van der Waals surface area contributed by atoms with Crippen LogP contribution in [0.5, 0.6) is 11.5 Å². The van der Waals surface area contributed by atoms with Crippen molar-refractivity contribution in [3.63, 3.8) is 0 Å². The van der Waals surface area contributed by atoms with Crippen LogP contribution < -0.4 is 20.1 Å². The molecule has 9 heteroatoms. The molecule has 1 aromatic carbocycles. The number of hydrogen-bond acceptors (Lipinski definition) is 6. The summed E-state index contributed by atoms with van der Waals surface area (Å²) in [6, 6.07) is 3.27. The smallest absolute Gasteiger partial charge is 0.321 e. The van der Waals surface area contributed by atoms with Crippen LogP contribution >= 0.6 is 0 Å². The summed E-state index contributed by atoms with van der Waals surface area (Å²) in [6.45, 7) is 1.37. The molecule has 0 aliphatic carbocycles. The summed E-state index contributed by atoms with van der Waals surface area (Å²) in [5.41, 5.74) is -0.339. The number of carbonyl (C=O) groups excluding carboxylic acids is 2. The number of rotatable bonds is 5. The fourth-order valence-corrected chi connectivity index (χ4v) is 1.39. The Hall–Kier alpha value is -2.84. The van der Waals surface area contributed by atoms with Crippen LogP contribution in [0.1, 0.15) is 6.92 Å². The van der Waals surface area contributed by atoms with Crippen molar-refractivity contribution in [1.82, 2.24) is 10.6 Å². The number of nitro groups is 1. The lowest BCUT2D eigenvalue weighted by molar-refractivity contribution is -0.386. The monoisotopic (exact) mass is 297 g/mol. The van der Waals surface area contributed by atoms with Gasteiger partial charge in [0.15, 0.2) is 11.9 Å². The number of nitrogens with zero attached hydrogens (tertiary/aromatic N) is 1. The van der Waals surface area contributed by atoms with Gasteiger partial charge < -0.3 is 14.8 Å². The van der Waals surface area contributed by atoms with Gasteiger partial charge in [-0.15, -0.1) is 0 Å². The zero-order valence-electron chi connectivity index (χ0n) is 11.7. The van der Waals surface area contributed by atoms with Gasteiger partial charge in [-0.1, -0.05) is 0 Å².